The highest BCUT2D eigenvalue weighted by Crippen LogP contribution is 2.53. The predicted octanol–water partition coefficient (Wildman–Crippen LogP) is 4.73. The summed E-state index contributed by atoms with van der Waals surface area (Å²) >= 11 is 0. The molecule has 1 saturated carbocycles. The van der Waals surface area contributed by atoms with Crippen LogP contribution in [0.15, 0.2) is 48.5 Å². The zero-order chi connectivity index (χ0) is 16.9. The minimum Gasteiger partial charge on any atom is -0.393 e. The largest absolute Gasteiger partial charge is 0.416 e. The summed E-state index contributed by atoms with van der Waals surface area (Å²) in [4.78, 5) is 0. The van der Waals surface area contributed by atoms with Gasteiger partial charge in [-0.05, 0) is 54.0 Å². The quantitative estimate of drug-likeness (QED) is 0.791. The first-order valence-corrected chi connectivity index (χ1v) is 8.14. The normalized spacial score (nSPS) is 28.8. The van der Waals surface area contributed by atoms with E-state index in [0.717, 1.165) is 17.3 Å². The van der Waals surface area contributed by atoms with E-state index in [9.17, 15) is 18.3 Å². The second-order valence-electron chi connectivity index (χ2n) is 6.73. The number of halogens is 3. The average Bonchev–Trinajstić information content (AvgIpc) is 2.95. The number of aliphatic hydroxyl groups excluding tert-OH is 1. The van der Waals surface area contributed by atoms with E-state index in [0.29, 0.717) is 18.4 Å². The van der Waals surface area contributed by atoms with Crippen molar-refractivity contribution in [1.82, 2.24) is 0 Å². The Morgan fingerprint density at radius 2 is 1.75 bits per heavy atom. The topological polar surface area (TPSA) is 32.3 Å². The molecule has 1 fully saturated rings. The second kappa shape index (κ2) is 5.52. The molecule has 5 heteroatoms. The highest BCUT2D eigenvalue weighted by molar-refractivity contribution is 5.59. The fourth-order valence-electron chi connectivity index (χ4n) is 4.21. The average molecular weight is 333 g/mol. The maximum atomic E-state index is 13.1. The molecule has 126 valence electrons. The lowest BCUT2D eigenvalue weighted by atomic mass is 9.77. The van der Waals surface area contributed by atoms with Gasteiger partial charge in [-0.25, -0.2) is 0 Å². The summed E-state index contributed by atoms with van der Waals surface area (Å²) in [5, 5.41) is 13.5. The molecule has 1 heterocycles. The summed E-state index contributed by atoms with van der Waals surface area (Å²) in [6.07, 6.45) is -3.69. The predicted molar refractivity (Wildman–Crippen MR) is 85.7 cm³/mol. The van der Waals surface area contributed by atoms with Crippen molar-refractivity contribution in [2.45, 2.75) is 37.1 Å². The van der Waals surface area contributed by atoms with E-state index in [1.165, 1.54) is 12.1 Å². The Balaban J connectivity index is 1.78. The van der Waals surface area contributed by atoms with Crippen LogP contribution >= 0.6 is 0 Å². The van der Waals surface area contributed by atoms with Crippen molar-refractivity contribution in [2.24, 2.45) is 5.92 Å². The molecule has 0 amide bonds. The molecule has 24 heavy (non-hydrogen) atoms. The zero-order valence-electron chi connectivity index (χ0n) is 12.9. The summed E-state index contributed by atoms with van der Waals surface area (Å²) in [5.41, 5.74) is 1.90. The lowest BCUT2D eigenvalue weighted by Crippen LogP contribution is -2.29. The standard InChI is InChI=1S/C19H18F3NO/c20-19(21,22)12-6-7-17-15(8-12)14-9-13(24)10-16(14)18(23-17)11-4-2-1-3-5-11/h1-8,13-14,16,18,23-24H,9-10H2/t13-,14?,16+,18+/m0/s1. The molecule has 2 aromatic carbocycles. The smallest absolute Gasteiger partial charge is 0.393 e. The Labute approximate surface area is 138 Å². The van der Waals surface area contributed by atoms with E-state index in [4.69, 9.17) is 0 Å². The molecular formula is C19H18F3NO. The van der Waals surface area contributed by atoms with Crippen LogP contribution < -0.4 is 5.32 Å². The SMILES string of the molecule is O[C@H]1CC2c3cc(C(F)(F)F)ccc3N[C@H](c3ccccc3)[C@@H]2C1. The minimum absolute atomic E-state index is 0.0117. The van der Waals surface area contributed by atoms with Gasteiger partial charge in [-0.15, -0.1) is 0 Å². The molecule has 2 aliphatic rings. The fourth-order valence-corrected chi connectivity index (χ4v) is 4.21. The van der Waals surface area contributed by atoms with E-state index in [1.807, 2.05) is 30.3 Å². The first-order valence-electron chi connectivity index (χ1n) is 8.14. The number of aliphatic hydroxyl groups is 1. The van der Waals surface area contributed by atoms with Gasteiger partial charge in [0.15, 0.2) is 0 Å². The molecule has 4 atom stereocenters. The molecular weight excluding hydrogens is 315 g/mol. The van der Waals surface area contributed by atoms with Gasteiger partial charge in [0.2, 0.25) is 0 Å². The van der Waals surface area contributed by atoms with Crippen LogP contribution in [-0.2, 0) is 6.18 Å². The summed E-state index contributed by atoms with van der Waals surface area (Å²) in [7, 11) is 0. The van der Waals surface area contributed by atoms with Crippen molar-refractivity contribution in [1.29, 1.82) is 0 Å². The monoisotopic (exact) mass is 333 g/mol. The van der Waals surface area contributed by atoms with Gasteiger partial charge >= 0.3 is 6.18 Å². The van der Waals surface area contributed by atoms with Gasteiger partial charge in [-0.3, -0.25) is 0 Å². The van der Waals surface area contributed by atoms with E-state index in [1.54, 1.807) is 0 Å². The Bertz CT molecular complexity index is 744. The summed E-state index contributed by atoms with van der Waals surface area (Å²) in [6, 6.07) is 13.8. The van der Waals surface area contributed by atoms with Crippen molar-refractivity contribution >= 4 is 5.69 Å². The van der Waals surface area contributed by atoms with Crippen LogP contribution in [0.2, 0.25) is 0 Å². The van der Waals surface area contributed by atoms with Gasteiger partial charge < -0.3 is 10.4 Å². The molecule has 0 radical (unpaired) electrons. The molecule has 0 aromatic heterocycles. The van der Waals surface area contributed by atoms with Gasteiger partial charge in [0, 0.05) is 5.69 Å². The van der Waals surface area contributed by atoms with Crippen molar-refractivity contribution in [2.75, 3.05) is 5.32 Å². The molecule has 2 N–H and O–H groups in total. The van der Waals surface area contributed by atoms with Crippen LogP contribution in [0.25, 0.3) is 0 Å². The molecule has 0 bridgehead atoms. The maximum absolute atomic E-state index is 13.1. The summed E-state index contributed by atoms with van der Waals surface area (Å²) < 4.78 is 39.2. The molecule has 1 aliphatic carbocycles. The van der Waals surface area contributed by atoms with Crippen LogP contribution in [-0.4, -0.2) is 11.2 Å². The van der Waals surface area contributed by atoms with Crippen molar-refractivity contribution in [3.63, 3.8) is 0 Å². The Hall–Kier alpha value is -2.01. The van der Waals surface area contributed by atoms with Crippen LogP contribution in [0.4, 0.5) is 18.9 Å². The lowest BCUT2D eigenvalue weighted by molar-refractivity contribution is -0.137. The number of nitrogens with one attached hydrogen (secondary N) is 1. The summed E-state index contributed by atoms with van der Waals surface area (Å²) in [6.45, 7) is 0. The third-order valence-corrected chi connectivity index (χ3v) is 5.26. The highest BCUT2D eigenvalue weighted by atomic mass is 19.4. The van der Waals surface area contributed by atoms with Gasteiger partial charge in [-0.2, -0.15) is 13.2 Å². The highest BCUT2D eigenvalue weighted by Gasteiger charge is 2.44. The molecule has 2 aromatic rings. The van der Waals surface area contributed by atoms with Crippen LogP contribution in [0, 0.1) is 5.92 Å². The number of benzene rings is 2. The van der Waals surface area contributed by atoms with E-state index >= 15 is 0 Å². The molecule has 2 nitrogen and oxygen atoms in total. The zero-order valence-corrected chi connectivity index (χ0v) is 12.9. The van der Waals surface area contributed by atoms with Crippen molar-refractivity contribution in [3.8, 4) is 0 Å². The fraction of sp³-hybridized carbons (Fsp3) is 0.368. The van der Waals surface area contributed by atoms with Crippen molar-refractivity contribution in [3.05, 3.63) is 65.2 Å². The van der Waals surface area contributed by atoms with Crippen molar-refractivity contribution < 1.29 is 18.3 Å². The van der Waals surface area contributed by atoms with Gasteiger partial charge in [0.05, 0.1) is 17.7 Å². The Kier molecular flexibility index (Phi) is 3.57. The minimum atomic E-state index is -4.35. The number of hydrogen-bond donors (Lipinski definition) is 2. The van der Waals surface area contributed by atoms with E-state index in [2.05, 4.69) is 5.32 Å². The maximum Gasteiger partial charge on any atom is 0.416 e. The molecule has 4 rings (SSSR count). The first-order chi connectivity index (χ1) is 11.4. The number of hydrogen-bond acceptors (Lipinski definition) is 2. The van der Waals surface area contributed by atoms with E-state index < -0.39 is 17.8 Å². The Morgan fingerprint density at radius 1 is 1.00 bits per heavy atom. The third-order valence-electron chi connectivity index (χ3n) is 5.26. The Morgan fingerprint density at radius 3 is 2.46 bits per heavy atom. The number of fused-ring (bicyclic) bond motifs is 3. The third kappa shape index (κ3) is 2.57. The summed E-state index contributed by atoms with van der Waals surface area (Å²) in [5.74, 6) is 0.0436. The molecule has 0 spiro atoms. The molecule has 0 saturated heterocycles. The lowest BCUT2D eigenvalue weighted by Gasteiger charge is -2.37. The van der Waals surface area contributed by atoms with Gasteiger partial charge in [0.1, 0.15) is 0 Å². The number of alkyl halides is 3. The van der Waals surface area contributed by atoms with Crippen LogP contribution in [0.5, 0.6) is 0 Å². The second-order valence-corrected chi connectivity index (χ2v) is 6.73. The van der Waals surface area contributed by atoms with Gasteiger partial charge in [0.25, 0.3) is 0 Å². The van der Waals surface area contributed by atoms with Crippen LogP contribution in [0.1, 0.15) is 41.5 Å². The molecule has 1 unspecified atom stereocenters. The van der Waals surface area contributed by atoms with Crippen LogP contribution in [0.3, 0.4) is 0 Å². The van der Waals surface area contributed by atoms with Gasteiger partial charge in [-0.1, -0.05) is 30.3 Å². The number of rotatable bonds is 1. The van der Waals surface area contributed by atoms with E-state index in [-0.39, 0.29) is 17.9 Å². The molecule has 1 aliphatic heterocycles. The number of anilines is 1. The first kappa shape index (κ1) is 15.5.